The van der Waals surface area contributed by atoms with Crippen LogP contribution in [0.15, 0.2) is 18.5 Å². The average Bonchev–Trinajstić information content (AvgIpc) is 2.74. The van der Waals surface area contributed by atoms with E-state index in [1.165, 1.54) is 18.3 Å². The Kier molecular flexibility index (Phi) is 7.07. The monoisotopic (exact) mass is 419 g/mol. The number of pyridine rings is 1. The highest BCUT2D eigenvalue weighted by Gasteiger charge is 2.25. The van der Waals surface area contributed by atoms with Crippen LogP contribution in [0.5, 0.6) is 17.5 Å². The standard InChI is InChI=1S/C19H25N5O6/c1-12-14(3-4-15(22-12)29-10-9-25)23-17-16(28-2)18(21-11-20-17)30-13-5-7-24(8-6-13)19(26)27/h3-4,11,13,25H,5-10H2,1-2H3,(H,26,27)(H,20,21,23). The van der Waals surface area contributed by atoms with E-state index in [0.717, 1.165) is 0 Å². The second-order valence-electron chi connectivity index (χ2n) is 6.63. The lowest BCUT2D eigenvalue weighted by molar-refractivity contribution is 0.0852. The molecule has 2 aromatic heterocycles. The highest BCUT2D eigenvalue weighted by Crippen LogP contribution is 2.35. The second kappa shape index (κ2) is 9.92. The topological polar surface area (TPSA) is 139 Å². The van der Waals surface area contributed by atoms with Crippen LogP contribution in [-0.2, 0) is 0 Å². The summed E-state index contributed by atoms with van der Waals surface area (Å²) in [5.41, 5.74) is 1.37. The van der Waals surface area contributed by atoms with Crippen molar-refractivity contribution in [1.82, 2.24) is 19.9 Å². The largest absolute Gasteiger partial charge is 0.489 e. The number of piperidine rings is 1. The van der Waals surface area contributed by atoms with Gasteiger partial charge in [-0.3, -0.25) is 0 Å². The second-order valence-corrected chi connectivity index (χ2v) is 6.63. The van der Waals surface area contributed by atoms with Gasteiger partial charge in [-0.2, -0.15) is 4.98 Å². The SMILES string of the molecule is COc1c(Nc2ccc(OCCO)nc2C)ncnc1OC1CCN(C(=O)O)CC1. The zero-order valence-electron chi connectivity index (χ0n) is 16.9. The van der Waals surface area contributed by atoms with Gasteiger partial charge in [-0.1, -0.05) is 0 Å². The molecule has 162 valence electrons. The van der Waals surface area contributed by atoms with Crippen molar-refractivity contribution in [3.63, 3.8) is 0 Å². The van der Waals surface area contributed by atoms with Crippen molar-refractivity contribution in [2.75, 3.05) is 38.7 Å². The van der Waals surface area contributed by atoms with Gasteiger partial charge >= 0.3 is 6.09 Å². The minimum absolute atomic E-state index is 0.0863. The van der Waals surface area contributed by atoms with E-state index < -0.39 is 6.09 Å². The van der Waals surface area contributed by atoms with E-state index in [9.17, 15) is 4.79 Å². The van der Waals surface area contributed by atoms with Gasteiger partial charge in [0.2, 0.25) is 11.6 Å². The first-order valence-corrected chi connectivity index (χ1v) is 9.53. The minimum Gasteiger partial charge on any atom is -0.489 e. The van der Waals surface area contributed by atoms with Crippen molar-refractivity contribution >= 4 is 17.6 Å². The number of carboxylic acid groups (broad SMARTS) is 1. The molecule has 3 heterocycles. The summed E-state index contributed by atoms with van der Waals surface area (Å²) in [4.78, 5) is 25.2. The molecule has 1 amide bonds. The third-order valence-electron chi connectivity index (χ3n) is 4.62. The van der Waals surface area contributed by atoms with Gasteiger partial charge in [0.25, 0.3) is 5.88 Å². The number of amides is 1. The molecule has 0 aromatic carbocycles. The van der Waals surface area contributed by atoms with Crippen molar-refractivity contribution in [2.45, 2.75) is 25.9 Å². The first kappa shape index (κ1) is 21.4. The summed E-state index contributed by atoms with van der Waals surface area (Å²) in [6, 6.07) is 3.48. The van der Waals surface area contributed by atoms with E-state index >= 15 is 0 Å². The molecule has 30 heavy (non-hydrogen) atoms. The Morgan fingerprint density at radius 2 is 2.07 bits per heavy atom. The number of aliphatic hydroxyl groups is 1. The number of carbonyl (C=O) groups is 1. The fourth-order valence-electron chi connectivity index (χ4n) is 3.07. The molecule has 0 saturated carbocycles. The number of hydrogen-bond acceptors (Lipinski definition) is 9. The number of aliphatic hydroxyl groups excluding tert-OH is 1. The van der Waals surface area contributed by atoms with Crippen LogP contribution in [0.2, 0.25) is 0 Å². The summed E-state index contributed by atoms with van der Waals surface area (Å²) < 4.78 is 16.8. The number of likely N-dealkylation sites (tertiary alicyclic amines) is 1. The van der Waals surface area contributed by atoms with Gasteiger partial charge in [0.15, 0.2) is 5.82 Å². The number of nitrogens with zero attached hydrogens (tertiary/aromatic N) is 4. The van der Waals surface area contributed by atoms with E-state index in [1.807, 2.05) is 6.92 Å². The van der Waals surface area contributed by atoms with Gasteiger partial charge in [-0.05, 0) is 13.0 Å². The van der Waals surface area contributed by atoms with Crippen LogP contribution in [0.3, 0.4) is 0 Å². The van der Waals surface area contributed by atoms with Crippen LogP contribution in [0.4, 0.5) is 16.3 Å². The van der Waals surface area contributed by atoms with Gasteiger partial charge in [0.1, 0.15) is 19.0 Å². The van der Waals surface area contributed by atoms with Gasteiger partial charge in [0, 0.05) is 32.0 Å². The van der Waals surface area contributed by atoms with Gasteiger partial charge < -0.3 is 34.6 Å². The molecule has 1 aliphatic rings. The quantitative estimate of drug-likeness (QED) is 0.580. The van der Waals surface area contributed by atoms with Crippen LogP contribution in [0.25, 0.3) is 0 Å². The van der Waals surface area contributed by atoms with E-state index in [1.54, 1.807) is 12.1 Å². The summed E-state index contributed by atoms with van der Waals surface area (Å²) in [5.74, 6) is 1.47. The zero-order chi connectivity index (χ0) is 21.5. The molecule has 1 saturated heterocycles. The van der Waals surface area contributed by atoms with E-state index in [4.69, 9.17) is 24.4 Å². The molecular formula is C19H25N5O6. The van der Waals surface area contributed by atoms with E-state index in [-0.39, 0.29) is 25.2 Å². The molecule has 0 atom stereocenters. The van der Waals surface area contributed by atoms with Crippen molar-refractivity contribution in [2.24, 2.45) is 0 Å². The molecular weight excluding hydrogens is 394 g/mol. The molecule has 0 aliphatic carbocycles. The number of aryl methyl sites for hydroxylation is 1. The highest BCUT2D eigenvalue weighted by atomic mass is 16.5. The summed E-state index contributed by atoms with van der Waals surface area (Å²) in [7, 11) is 1.50. The predicted molar refractivity (Wildman–Crippen MR) is 107 cm³/mol. The molecule has 1 aliphatic heterocycles. The number of anilines is 2. The van der Waals surface area contributed by atoms with Crippen molar-refractivity contribution in [3.8, 4) is 17.5 Å². The molecule has 0 bridgehead atoms. The van der Waals surface area contributed by atoms with Crippen molar-refractivity contribution < 1.29 is 29.2 Å². The number of rotatable bonds is 8. The molecule has 1 fully saturated rings. The number of methoxy groups -OCH3 is 1. The Morgan fingerprint density at radius 3 is 2.70 bits per heavy atom. The van der Waals surface area contributed by atoms with Crippen LogP contribution in [0, 0.1) is 6.92 Å². The molecule has 2 aromatic rings. The number of hydrogen-bond donors (Lipinski definition) is 3. The normalized spacial score (nSPS) is 14.3. The Bertz CT molecular complexity index is 872. The molecule has 11 nitrogen and oxygen atoms in total. The number of ether oxygens (including phenoxy) is 3. The first-order valence-electron chi connectivity index (χ1n) is 9.53. The smallest absolute Gasteiger partial charge is 0.407 e. The third kappa shape index (κ3) is 5.17. The van der Waals surface area contributed by atoms with Crippen molar-refractivity contribution in [1.29, 1.82) is 0 Å². The lowest BCUT2D eigenvalue weighted by atomic mass is 10.1. The maximum absolute atomic E-state index is 11.1. The molecule has 0 radical (unpaired) electrons. The maximum Gasteiger partial charge on any atom is 0.407 e. The minimum atomic E-state index is -0.920. The van der Waals surface area contributed by atoms with Gasteiger partial charge in [-0.15, -0.1) is 0 Å². The molecule has 0 unspecified atom stereocenters. The van der Waals surface area contributed by atoms with E-state index in [0.29, 0.717) is 54.8 Å². The van der Waals surface area contributed by atoms with Crippen LogP contribution in [-0.4, -0.2) is 75.7 Å². The fraction of sp³-hybridized carbons (Fsp3) is 0.474. The van der Waals surface area contributed by atoms with Crippen LogP contribution >= 0.6 is 0 Å². The summed E-state index contributed by atoms with van der Waals surface area (Å²) in [6.45, 7) is 2.72. The first-order chi connectivity index (χ1) is 14.5. The van der Waals surface area contributed by atoms with E-state index in [2.05, 4.69) is 20.3 Å². The third-order valence-corrected chi connectivity index (χ3v) is 4.62. The average molecular weight is 419 g/mol. The molecule has 11 heteroatoms. The maximum atomic E-state index is 11.1. The Morgan fingerprint density at radius 1 is 1.30 bits per heavy atom. The predicted octanol–water partition coefficient (Wildman–Crippen LogP) is 1.82. The highest BCUT2D eigenvalue weighted by molar-refractivity contribution is 5.66. The van der Waals surface area contributed by atoms with Gasteiger partial charge in [0.05, 0.1) is 25.1 Å². The Hall–Kier alpha value is -3.34. The Balaban J connectivity index is 1.72. The lowest BCUT2D eigenvalue weighted by Gasteiger charge is -2.30. The summed E-state index contributed by atoms with van der Waals surface area (Å²) >= 11 is 0. The summed E-state index contributed by atoms with van der Waals surface area (Å²) in [5, 5.41) is 21.1. The lowest BCUT2D eigenvalue weighted by Crippen LogP contribution is -2.41. The van der Waals surface area contributed by atoms with Crippen LogP contribution in [0.1, 0.15) is 18.5 Å². The molecule has 3 N–H and O–H groups in total. The fourth-order valence-corrected chi connectivity index (χ4v) is 3.07. The number of aromatic nitrogens is 3. The van der Waals surface area contributed by atoms with Crippen LogP contribution < -0.4 is 19.5 Å². The Labute approximate surface area is 173 Å². The zero-order valence-corrected chi connectivity index (χ0v) is 16.9. The van der Waals surface area contributed by atoms with Crippen molar-refractivity contribution in [3.05, 3.63) is 24.2 Å². The van der Waals surface area contributed by atoms with Gasteiger partial charge in [-0.25, -0.2) is 14.8 Å². The molecule has 0 spiro atoms. The number of nitrogens with one attached hydrogen (secondary N) is 1. The molecule has 3 rings (SSSR count). The summed E-state index contributed by atoms with van der Waals surface area (Å²) in [6.07, 6.45) is 1.43.